The first-order chi connectivity index (χ1) is 39.7. The van der Waals surface area contributed by atoms with Gasteiger partial charge in [-0.3, -0.25) is 52.9 Å². The molecular formula is C63H104N12O10. The molecule has 0 saturated carbocycles. The van der Waals surface area contributed by atoms with Crippen molar-refractivity contribution in [2.45, 2.75) is 233 Å². The highest BCUT2D eigenvalue weighted by Gasteiger charge is 2.43. The molecule has 22 heteroatoms. The monoisotopic (exact) mass is 1190 g/mol. The van der Waals surface area contributed by atoms with Crippen molar-refractivity contribution < 1.29 is 47.9 Å². The van der Waals surface area contributed by atoms with E-state index in [4.69, 9.17) is 0 Å². The minimum Gasteiger partial charge on any atom is -0.354 e. The lowest BCUT2D eigenvalue weighted by Crippen LogP contribution is -2.65. The Balaban J connectivity index is 1.79. The molecule has 1 aromatic heterocycles. The fourth-order valence-corrected chi connectivity index (χ4v) is 10.4. The maximum Gasteiger partial charge on any atom is 0.255 e. The van der Waals surface area contributed by atoms with Crippen molar-refractivity contribution in [3.8, 4) is 0 Å². The van der Waals surface area contributed by atoms with Gasteiger partial charge in [0.2, 0.25) is 53.7 Å². The fourth-order valence-electron chi connectivity index (χ4n) is 10.4. The molecule has 476 valence electrons. The molecule has 0 bridgehead atoms. The molecule has 1 aromatic carbocycles. The van der Waals surface area contributed by atoms with E-state index in [0.29, 0.717) is 49.8 Å². The summed E-state index contributed by atoms with van der Waals surface area (Å²) in [5.74, 6) is -5.44. The van der Waals surface area contributed by atoms with Crippen LogP contribution in [0.4, 0.5) is 0 Å². The molecule has 1 aliphatic heterocycles. The molecule has 0 spiro atoms. The lowest BCUT2D eigenvalue weighted by Gasteiger charge is -2.38. The second-order valence-electron chi connectivity index (χ2n) is 26.2. The van der Waals surface area contributed by atoms with Crippen molar-refractivity contribution in [2.75, 3.05) is 33.7 Å². The molecule has 1 aliphatic rings. The summed E-state index contributed by atoms with van der Waals surface area (Å²) in [6.45, 7) is 25.2. The SMILES string of the molecule is CCCCCCCC[C@@H](C(=O)N[C@@H](CC(C)C)C(=O)NC(C)(C)C(=O)N[C@@H](CC(C)C)C(=O)N[C@@H](CC(C)C)C(=O)NC(C)(C)C(=O)NC(C)(C)C(=O)NCCC(=O)N[C@@H](C)CN(C)C)N(C=O)[C@@H]1CCCN1C(=O)c1ccc2cccnc2c1. The molecule has 22 nitrogen and oxygen atoms in total. The Hall–Kier alpha value is -6.71. The highest BCUT2D eigenvalue weighted by atomic mass is 16.2. The summed E-state index contributed by atoms with van der Waals surface area (Å²) in [4.78, 5) is 148. The van der Waals surface area contributed by atoms with Crippen molar-refractivity contribution >= 4 is 70.5 Å². The van der Waals surface area contributed by atoms with E-state index >= 15 is 0 Å². The van der Waals surface area contributed by atoms with Gasteiger partial charge >= 0.3 is 0 Å². The van der Waals surface area contributed by atoms with E-state index < -0.39 is 88.3 Å². The van der Waals surface area contributed by atoms with Gasteiger partial charge in [-0.05, 0) is 137 Å². The average Bonchev–Trinajstić information content (AvgIpc) is 3.06. The third kappa shape index (κ3) is 23.6. The van der Waals surface area contributed by atoms with Crippen LogP contribution >= 0.6 is 0 Å². The predicted octanol–water partition coefficient (Wildman–Crippen LogP) is 5.22. The Labute approximate surface area is 505 Å². The highest BCUT2D eigenvalue weighted by Crippen LogP contribution is 2.28. The predicted molar refractivity (Wildman–Crippen MR) is 330 cm³/mol. The number of carbonyl (C=O) groups excluding carboxylic acids is 10. The Morgan fingerprint density at radius 3 is 1.76 bits per heavy atom. The van der Waals surface area contributed by atoms with Gasteiger partial charge in [-0.2, -0.15) is 0 Å². The van der Waals surface area contributed by atoms with Crippen LogP contribution in [-0.2, 0) is 43.2 Å². The largest absolute Gasteiger partial charge is 0.354 e. The van der Waals surface area contributed by atoms with E-state index in [1.165, 1.54) is 46.4 Å². The third-order valence-corrected chi connectivity index (χ3v) is 15.0. The smallest absolute Gasteiger partial charge is 0.255 e. The molecular weight excluding hydrogens is 1080 g/mol. The van der Waals surface area contributed by atoms with Gasteiger partial charge in [-0.1, -0.05) is 99.1 Å². The Morgan fingerprint density at radius 1 is 0.659 bits per heavy atom. The van der Waals surface area contributed by atoms with Crippen molar-refractivity contribution in [1.29, 1.82) is 0 Å². The lowest BCUT2D eigenvalue weighted by atomic mass is 9.96. The Morgan fingerprint density at radius 2 is 1.20 bits per heavy atom. The van der Waals surface area contributed by atoms with E-state index in [0.717, 1.165) is 37.5 Å². The summed E-state index contributed by atoms with van der Waals surface area (Å²) in [6.07, 6.45) is 8.92. The number of amides is 10. The molecule has 3 rings (SSSR count). The molecule has 1 saturated heterocycles. The number of likely N-dealkylation sites (tertiary alicyclic amines) is 1. The van der Waals surface area contributed by atoms with E-state index in [1.807, 2.05) is 85.7 Å². The molecule has 6 atom stereocenters. The number of aromatic nitrogens is 1. The first-order valence-corrected chi connectivity index (χ1v) is 30.7. The van der Waals surface area contributed by atoms with Gasteiger partial charge in [0.1, 0.15) is 46.9 Å². The van der Waals surface area contributed by atoms with Crippen LogP contribution in [0.5, 0.6) is 0 Å². The summed E-state index contributed by atoms with van der Waals surface area (Å²) >= 11 is 0. The summed E-state index contributed by atoms with van der Waals surface area (Å²) < 4.78 is 0. The van der Waals surface area contributed by atoms with E-state index in [1.54, 1.807) is 23.2 Å². The molecule has 2 aromatic rings. The molecule has 85 heavy (non-hydrogen) atoms. The van der Waals surface area contributed by atoms with Crippen LogP contribution in [0.1, 0.15) is 191 Å². The van der Waals surface area contributed by atoms with Crippen LogP contribution in [0.25, 0.3) is 10.9 Å². The third-order valence-electron chi connectivity index (χ3n) is 15.0. The maximum absolute atomic E-state index is 14.8. The lowest BCUT2D eigenvalue weighted by molar-refractivity contribution is -0.140. The maximum atomic E-state index is 14.8. The molecule has 8 N–H and O–H groups in total. The molecule has 2 heterocycles. The number of carbonyl (C=O) groups is 10. The summed E-state index contributed by atoms with van der Waals surface area (Å²) in [6, 6.07) is 4.38. The van der Waals surface area contributed by atoms with Gasteiger partial charge in [-0.15, -0.1) is 0 Å². The zero-order valence-corrected chi connectivity index (χ0v) is 53.9. The van der Waals surface area contributed by atoms with Gasteiger partial charge in [-0.25, -0.2) is 0 Å². The zero-order valence-electron chi connectivity index (χ0n) is 53.9. The van der Waals surface area contributed by atoms with Gasteiger partial charge in [0.25, 0.3) is 5.91 Å². The van der Waals surface area contributed by atoms with E-state index in [-0.39, 0.29) is 74.3 Å². The van der Waals surface area contributed by atoms with Crippen molar-refractivity contribution in [1.82, 2.24) is 62.2 Å². The van der Waals surface area contributed by atoms with Gasteiger partial charge < -0.3 is 57.2 Å². The zero-order chi connectivity index (χ0) is 64.0. The first kappa shape index (κ1) is 72.5. The summed E-state index contributed by atoms with van der Waals surface area (Å²) in [5, 5.41) is 23.2. The number of unbranched alkanes of at least 4 members (excludes halogenated alkanes) is 5. The number of benzene rings is 1. The Kier molecular flexibility index (Phi) is 28.9. The number of pyridine rings is 1. The number of nitrogens with one attached hydrogen (secondary N) is 8. The first-order valence-electron chi connectivity index (χ1n) is 30.7. The second kappa shape index (κ2) is 33.8. The minimum absolute atomic E-state index is 0.0264. The molecule has 10 amide bonds. The van der Waals surface area contributed by atoms with Crippen molar-refractivity contribution in [3.63, 3.8) is 0 Å². The van der Waals surface area contributed by atoms with E-state index in [2.05, 4.69) is 54.4 Å². The van der Waals surface area contributed by atoms with Crippen LogP contribution < -0.4 is 42.5 Å². The van der Waals surface area contributed by atoms with Gasteiger partial charge in [0, 0.05) is 49.2 Å². The van der Waals surface area contributed by atoms with Gasteiger partial charge in [0.05, 0.1) is 5.52 Å². The fraction of sp³-hybridized carbons (Fsp3) is 0.698. The minimum atomic E-state index is -1.65. The topological polar surface area (TPSA) is 290 Å². The number of rotatable bonds is 36. The number of hydrogen-bond acceptors (Lipinski definition) is 12. The number of hydrogen-bond donors (Lipinski definition) is 8. The summed E-state index contributed by atoms with van der Waals surface area (Å²) in [7, 11) is 3.79. The van der Waals surface area contributed by atoms with Crippen molar-refractivity contribution in [2.24, 2.45) is 17.8 Å². The van der Waals surface area contributed by atoms with Gasteiger partial charge in [0.15, 0.2) is 0 Å². The molecule has 0 radical (unpaired) electrons. The highest BCUT2D eigenvalue weighted by molar-refractivity contribution is 6.00. The van der Waals surface area contributed by atoms with Crippen LogP contribution in [0.3, 0.4) is 0 Å². The quantitative estimate of drug-likeness (QED) is 0.0322. The number of likely N-dealkylation sites (N-methyl/N-ethyl adjacent to an activating group) is 1. The molecule has 1 fully saturated rings. The van der Waals surface area contributed by atoms with Crippen LogP contribution in [0.15, 0.2) is 36.5 Å². The van der Waals surface area contributed by atoms with Crippen LogP contribution in [0.2, 0.25) is 0 Å². The molecule has 0 unspecified atom stereocenters. The second-order valence-corrected chi connectivity index (χ2v) is 26.2. The van der Waals surface area contributed by atoms with Crippen LogP contribution in [-0.4, -0.2) is 166 Å². The summed E-state index contributed by atoms with van der Waals surface area (Å²) in [5.41, 5.74) is -3.63. The molecule has 0 aliphatic carbocycles. The van der Waals surface area contributed by atoms with Crippen molar-refractivity contribution in [3.05, 3.63) is 42.1 Å². The normalized spacial score (nSPS) is 15.6. The Bertz CT molecular complexity index is 2580. The van der Waals surface area contributed by atoms with E-state index in [9.17, 15) is 47.9 Å². The van der Waals surface area contributed by atoms with Crippen LogP contribution in [0, 0.1) is 17.8 Å². The number of nitrogens with zero attached hydrogens (tertiary/aromatic N) is 4. The number of fused-ring (bicyclic) bond motifs is 1. The average molecular weight is 1190 g/mol. The standard InChI is InChI=1S/C63H104N12O10/c1-17-18-19-20-21-22-26-50(75(39-76)52-27-24-33-74(52)57(82)45-29-28-44-25-23-31-64-46(44)37-45)56(81)68-49(36-42(6)7)55(80)70-62(11,12)59(84)69-47(34-40(2)3)53(78)67-48(35-41(4)5)54(79)71-63(13,14)60(85)72-61(9,10)58(83)65-32-30-51(77)66-43(8)38-73(15)16/h23,25,28-29,31,37,39-43,47-50,52H,17-22,24,26-27,30,32-36,38H2,1-16H3,(H,65,83)(H,66,77)(H,67,78)(H,68,81)(H,69,84)(H,70,80)(H,71,79)(H,72,85)/t43-,47-,48-,49-,50-,52+/m0/s1.